The van der Waals surface area contributed by atoms with Gasteiger partial charge in [0, 0.05) is 18.1 Å². The van der Waals surface area contributed by atoms with Gasteiger partial charge in [0.05, 0.1) is 32.1 Å². The Labute approximate surface area is 210 Å². The highest BCUT2D eigenvalue weighted by Gasteiger charge is 2.23. The van der Waals surface area contributed by atoms with E-state index in [9.17, 15) is 14.4 Å². The fraction of sp³-hybridized carbons (Fsp3) is 0.360. The Balaban J connectivity index is 2.08. The molecule has 0 aromatic heterocycles. The highest BCUT2D eigenvalue weighted by molar-refractivity contribution is 5.97. The number of amides is 2. The molecule has 0 heterocycles. The second-order valence-electron chi connectivity index (χ2n) is 7.41. The van der Waals surface area contributed by atoms with Crippen molar-refractivity contribution >= 4 is 29.8 Å². The van der Waals surface area contributed by atoms with Crippen molar-refractivity contribution in [2.24, 2.45) is 10.8 Å². The molecule has 2 aromatic carbocycles. The smallest absolute Gasteiger partial charge is 0.328 e. The van der Waals surface area contributed by atoms with Gasteiger partial charge in [0.15, 0.2) is 0 Å². The predicted octanol–water partition coefficient (Wildman–Crippen LogP) is 1.63. The van der Waals surface area contributed by atoms with Crippen LogP contribution in [-0.4, -0.2) is 56.5 Å². The van der Waals surface area contributed by atoms with Gasteiger partial charge in [-0.2, -0.15) is 0 Å². The van der Waals surface area contributed by atoms with E-state index in [1.54, 1.807) is 49.4 Å². The molecule has 0 spiro atoms. The minimum atomic E-state index is -0.970. The molecule has 1 atom stereocenters. The Kier molecular flexibility index (Phi) is 11.7. The third-order valence-corrected chi connectivity index (χ3v) is 4.71. The fourth-order valence-electron chi connectivity index (χ4n) is 3.27. The summed E-state index contributed by atoms with van der Waals surface area (Å²) in [5.41, 5.74) is 3.82. The number of carbonyl (C=O) groups is 3. The van der Waals surface area contributed by atoms with Gasteiger partial charge in [0.1, 0.15) is 23.9 Å². The number of nitrogens with two attached hydrogens (primary N) is 1. The van der Waals surface area contributed by atoms with Crippen LogP contribution in [0.4, 0.5) is 5.69 Å². The van der Waals surface area contributed by atoms with E-state index in [2.05, 4.69) is 21.1 Å². The first-order chi connectivity index (χ1) is 17.4. The quantitative estimate of drug-likeness (QED) is 0.101. The molecule has 1 unspecified atom stereocenters. The van der Waals surface area contributed by atoms with Crippen molar-refractivity contribution in [2.75, 3.05) is 26.4 Å². The second-order valence-corrected chi connectivity index (χ2v) is 7.41. The molecule has 36 heavy (non-hydrogen) atoms. The van der Waals surface area contributed by atoms with E-state index in [1.165, 1.54) is 6.34 Å². The number of hydrogen-bond acceptors (Lipinski definition) is 8. The number of nitrogens with one attached hydrogen (secondary N) is 3. The Bertz CT molecular complexity index is 1030. The first-order valence-corrected chi connectivity index (χ1v) is 11.6. The summed E-state index contributed by atoms with van der Waals surface area (Å²) in [7, 11) is 0. The van der Waals surface area contributed by atoms with Gasteiger partial charge in [-0.25, -0.2) is 15.6 Å². The average Bonchev–Trinajstić information content (AvgIpc) is 2.86. The molecule has 11 heteroatoms. The fourth-order valence-corrected chi connectivity index (χ4v) is 3.27. The van der Waals surface area contributed by atoms with E-state index in [4.69, 9.17) is 20.1 Å². The van der Waals surface area contributed by atoms with Crippen LogP contribution in [-0.2, 0) is 20.7 Å². The lowest BCUT2D eigenvalue weighted by Crippen LogP contribution is -2.47. The van der Waals surface area contributed by atoms with Crippen LogP contribution >= 0.6 is 0 Å². The van der Waals surface area contributed by atoms with Crippen LogP contribution in [0.5, 0.6) is 11.5 Å². The number of esters is 1. The summed E-state index contributed by atoms with van der Waals surface area (Å²) in [6.45, 7) is 6.16. The van der Waals surface area contributed by atoms with Gasteiger partial charge in [0.2, 0.25) is 5.91 Å². The van der Waals surface area contributed by atoms with Crippen molar-refractivity contribution in [3.8, 4) is 11.5 Å². The normalized spacial score (nSPS) is 11.4. The number of benzene rings is 2. The molecule has 0 radical (unpaired) electrons. The molecule has 0 bridgehead atoms. The first kappa shape index (κ1) is 28.1. The molecule has 0 saturated heterocycles. The summed E-state index contributed by atoms with van der Waals surface area (Å²) in [4.78, 5) is 41.7. The van der Waals surface area contributed by atoms with Gasteiger partial charge < -0.3 is 30.3 Å². The van der Waals surface area contributed by atoms with E-state index in [1.807, 2.05) is 13.8 Å². The van der Waals surface area contributed by atoms with Crippen LogP contribution in [0.2, 0.25) is 0 Å². The molecule has 0 aliphatic rings. The summed E-state index contributed by atoms with van der Waals surface area (Å²) in [5, 5.41) is 5.18. The van der Waals surface area contributed by atoms with Gasteiger partial charge in [-0.1, -0.05) is 6.07 Å². The molecule has 0 saturated carbocycles. The zero-order valence-corrected chi connectivity index (χ0v) is 20.7. The maximum Gasteiger partial charge on any atom is 0.328 e. The summed E-state index contributed by atoms with van der Waals surface area (Å²) in [6.07, 6.45) is 1.43. The molecular weight excluding hydrogens is 466 g/mol. The average molecular weight is 500 g/mol. The third-order valence-electron chi connectivity index (χ3n) is 4.71. The first-order valence-electron chi connectivity index (χ1n) is 11.6. The number of rotatable bonds is 14. The zero-order chi connectivity index (χ0) is 26.3. The maximum atomic E-state index is 12.6. The second kappa shape index (κ2) is 15.0. The lowest BCUT2D eigenvalue weighted by atomic mass is 10.0. The lowest BCUT2D eigenvalue weighted by Gasteiger charge is -2.19. The summed E-state index contributed by atoms with van der Waals surface area (Å²) >= 11 is 0. The van der Waals surface area contributed by atoms with Crippen LogP contribution in [0.25, 0.3) is 0 Å². The number of aliphatic imine (C=N–C) groups is 1. The summed E-state index contributed by atoms with van der Waals surface area (Å²) < 4.78 is 16.3. The molecule has 2 rings (SSSR count). The molecule has 2 aromatic rings. The highest BCUT2D eigenvalue weighted by Crippen LogP contribution is 2.24. The van der Waals surface area contributed by atoms with Crippen molar-refractivity contribution in [1.82, 2.24) is 16.1 Å². The number of hydrazine groups is 1. The molecule has 5 N–H and O–H groups in total. The predicted molar refractivity (Wildman–Crippen MR) is 135 cm³/mol. The van der Waals surface area contributed by atoms with Crippen LogP contribution in [0.15, 0.2) is 47.5 Å². The Hall–Kier alpha value is -4.12. The largest absolute Gasteiger partial charge is 0.494 e. The number of carbonyl (C=O) groups excluding carboxylic acids is 3. The molecule has 194 valence electrons. The number of nitrogens with zero attached hydrogens (tertiary/aromatic N) is 1. The molecular formula is C25H33N5O6. The third kappa shape index (κ3) is 9.26. The minimum absolute atomic E-state index is 0.148. The van der Waals surface area contributed by atoms with Crippen molar-refractivity contribution < 1.29 is 28.6 Å². The summed E-state index contributed by atoms with van der Waals surface area (Å²) in [6, 6.07) is 10.8. The van der Waals surface area contributed by atoms with Crippen LogP contribution < -0.4 is 31.4 Å². The van der Waals surface area contributed by atoms with Crippen molar-refractivity contribution in [1.29, 1.82) is 0 Å². The molecule has 0 aliphatic carbocycles. The maximum absolute atomic E-state index is 12.6. The molecule has 0 aliphatic heterocycles. The Morgan fingerprint density at radius 2 is 1.69 bits per heavy atom. The monoisotopic (exact) mass is 499 g/mol. The Morgan fingerprint density at radius 1 is 1.00 bits per heavy atom. The van der Waals surface area contributed by atoms with E-state index < -0.39 is 23.8 Å². The van der Waals surface area contributed by atoms with E-state index in [0.29, 0.717) is 36.0 Å². The van der Waals surface area contributed by atoms with Gasteiger partial charge in [-0.05, 0) is 56.7 Å². The van der Waals surface area contributed by atoms with Crippen molar-refractivity contribution in [3.63, 3.8) is 0 Å². The Morgan fingerprint density at radius 3 is 2.31 bits per heavy atom. The SMILES string of the molecule is CCOC(=O)C(Cc1cc(OCC)cc(OCC)c1)NC(=O)CNC(=O)c1cccc(N=CNN)c1. The standard InChI is InChI=1S/C25H33N5O6/c1-4-34-20-10-17(11-21(14-20)35-5-2)12-22(25(33)36-6-3)30-23(31)15-27-24(32)18-8-7-9-19(13-18)28-16-29-26/h7-11,13-14,16,22H,4-6,12,15,26H2,1-3H3,(H,27,32)(H,28,29)(H,30,31). The topological polar surface area (TPSA) is 153 Å². The van der Waals surface area contributed by atoms with E-state index >= 15 is 0 Å². The number of hydrogen-bond donors (Lipinski definition) is 4. The molecule has 11 nitrogen and oxygen atoms in total. The molecule has 2 amide bonds. The molecule has 0 fully saturated rings. The summed E-state index contributed by atoms with van der Waals surface area (Å²) in [5.74, 6) is 4.73. The van der Waals surface area contributed by atoms with Crippen molar-refractivity contribution in [2.45, 2.75) is 33.2 Å². The van der Waals surface area contributed by atoms with E-state index in [-0.39, 0.29) is 19.6 Å². The van der Waals surface area contributed by atoms with Gasteiger partial charge in [-0.3, -0.25) is 9.59 Å². The van der Waals surface area contributed by atoms with Crippen LogP contribution in [0.3, 0.4) is 0 Å². The van der Waals surface area contributed by atoms with Gasteiger partial charge in [0.25, 0.3) is 5.91 Å². The zero-order valence-electron chi connectivity index (χ0n) is 20.7. The number of ether oxygens (including phenoxy) is 3. The van der Waals surface area contributed by atoms with Crippen molar-refractivity contribution in [3.05, 3.63) is 53.6 Å². The highest BCUT2D eigenvalue weighted by atomic mass is 16.5. The van der Waals surface area contributed by atoms with Crippen LogP contribution in [0.1, 0.15) is 36.7 Å². The van der Waals surface area contributed by atoms with Crippen LogP contribution in [0, 0.1) is 0 Å². The van der Waals surface area contributed by atoms with Gasteiger partial charge in [-0.15, -0.1) is 0 Å². The van der Waals surface area contributed by atoms with Gasteiger partial charge >= 0.3 is 5.97 Å². The minimum Gasteiger partial charge on any atom is -0.494 e. The lowest BCUT2D eigenvalue weighted by molar-refractivity contribution is -0.147. The van der Waals surface area contributed by atoms with E-state index in [0.717, 1.165) is 5.56 Å².